The van der Waals surface area contributed by atoms with Crippen LogP contribution >= 0.6 is 23.2 Å². The summed E-state index contributed by atoms with van der Waals surface area (Å²) < 4.78 is 37.9. The Morgan fingerprint density at radius 1 is 1.08 bits per heavy atom. The molecule has 0 saturated carbocycles. The van der Waals surface area contributed by atoms with Gasteiger partial charge in [-0.3, -0.25) is 4.79 Å². The Balaban J connectivity index is 2.17. The number of rotatable bonds is 5. The van der Waals surface area contributed by atoms with Crippen molar-refractivity contribution in [3.8, 4) is 0 Å². The molecule has 0 aliphatic rings. The van der Waals surface area contributed by atoms with Crippen molar-refractivity contribution in [1.82, 2.24) is 5.32 Å². The van der Waals surface area contributed by atoms with E-state index in [0.29, 0.717) is 15.6 Å². The molecule has 0 bridgehead atoms. The number of hydrogen-bond acceptors (Lipinski definition) is 3. The molecule has 134 valence electrons. The molecule has 4 nitrogen and oxygen atoms in total. The summed E-state index contributed by atoms with van der Waals surface area (Å²) in [4.78, 5) is 12.2. The number of amides is 1. The zero-order valence-electron chi connectivity index (χ0n) is 13.5. The molecule has 2 unspecified atom stereocenters. The lowest BCUT2D eigenvalue weighted by Crippen LogP contribution is -2.39. The molecule has 1 N–H and O–H groups in total. The standard InChI is InChI=1S/C17H16Cl2FNO3S/c1-10(15-8-3-12(18)9-16(15)19)21-17(22)11(2)25(23,24)14-6-4-13(20)5-7-14/h3-11H,1-2H3,(H,21,22). The minimum Gasteiger partial charge on any atom is -0.348 e. The van der Waals surface area contributed by atoms with Gasteiger partial charge >= 0.3 is 0 Å². The van der Waals surface area contributed by atoms with E-state index < -0.39 is 32.9 Å². The number of carbonyl (C=O) groups excluding carboxylic acids is 1. The second-order valence-corrected chi connectivity index (χ2v) is 8.65. The van der Waals surface area contributed by atoms with Crippen molar-refractivity contribution in [2.75, 3.05) is 0 Å². The van der Waals surface area contributed by atoms with Crippen LogP contribution in [0.25, 0.3) is 0 Å². The van der Waals surface area contributed by atoms with Crippen LogP contribution in [0.2, 0.25) is 10.0 Å². The Hall–Kier alpha value is -1.63. The lowest BCUT2D eigenvalue weighted by molar-refractivity contribution is -0.121. The van der Waals surface area contributed by atoms with Gasteiger partial charge in [-0.05, 0) is 55.8 Å². The quantitative estimate of drug-likeness (QED) is 0.761. The third kappa shape index (κ3) is 4.51. The van der Waals surface area contributed by atoms with Gasteiger partial charge in [-0.15, -0.1) is 0 Å². The molecule has 2 aromatic carbocycles. The van der Waals surface area contributed by atoms with Gasteiger partial charge in [-0.25, -0.2) is 12.8 Å². The third-order valence-electron chi connectivity index (χ3n) is 3.76. The Kier molecular flexibility index (Phi) is 6.08. The molecule has 25 heavy (non-hydrogen) atoms. The van der Waals surface area contributed by atoms with Crippen molar-refractivity contribution in [1.29, 1.82) is 0 Å². The zero-order valence-corrected chi connectivity index (χ0v) is 15.8. The molecule has 0 aliphatic heterocycles. The fourth-order valence-electron chi connectivity index (χ4n) is 2.23. The average molecular weight is 404 g/mol. The maximum absolute atomic E-state index is 13.0. The normalized spacial score (nSPS) is 14.0. The van der Waals surface area contributed by atoms with Gasteiger partial charge in [0.2, 0.25) is 5.91 Å². The number of hydrogen-bond donors (Lipinski definition) is 1. The largest absolute Gasteiger partial charge is 0.348 e. The third-order valence-corrected chi connectivity index (χ3v) is 6.40. The summed E-state index contributed by atoms with van der Waals surface area (Å²) in [6.07, 6.45) is 0. The van der Waals surface area contributed by atoms with Crippen LogP contribution in [0, 0.1) is 5.82 Å². The Morgan fingerprint density at radius 2 is 1.68 bits per heavy atom. The van der Waals surface area contributed by atoms with Crippen LogP contribution in [0.15, 0.2) is 47.4 Å². The summed E-state index contributed by atoms with van der Waals surface area (Å²) in [6.45, 7) is 2.97. The smallest absolute Gasteiger partial charge is 0.238 e. The SMILES string of the molecule is CC(NC(=O)C(C)S(=O)(=O)c1ccc(F)cc1)c1ccc(Cl)cc1Cl. The minimum absolute atomic E-state index is 0.117. The highest BCUT2D eigenvalue weighted by molar-refractivity contribution is 7.92. The summed E-state index contributed by atoms with van der Waals surface area (Å²) >= 11 is 11.9. The lowest BCUT2D eigenvalue weighted by Gasteiger charge is -2.19. The van der Waals surface area contributed by atoms with E-state index in [1.807, 2.05) is 0 Å². The van der Waals surface area contributed by atoms with Crippen LogP contribution in [0.4, 0.5) is 4.39 Å². The van der Waals surface area contributed by atoms with E-state index in [1.165, 1.54) is 6.92 Å². The predicted molar refractivity (Wildman–Crippen MR) is 96.1 cm³/mol. The van der Waals surface area contributed by atoms with Crippen molar-refractivity contribution in [2.24, 2.45) is 0 Å². The summed E-state index contributed by atoms with van der Waals surface area (Å²) in [5, 5.41) is 2.11. The fraction of sp³-hybridized carbons (Fsp3) is 0.235. The van der Waals surface area contributed by atoms with Gasteiger partial charge in [-0.1, -0.05) is 29.3 Å². The molecule has 1 amide bonds. The first-order valence-corrected chi connectivity index (χ1v) is 9.68. The van der Waals surface area contributed by atoms with Crippen LogP contribution in [0.5, 0.6) is 0 Å². The molecule has 8 heteroatoms. The first-order chi connectivity index (χ1) is 11.6. The lowest BCUT2D eigenvalue weighted by atomic mass is 10.1. The van der Waals surface area contributed by atoms with Gasteiger partial charge in [0.25, 0.3) is 0 Å². The van der Waals surface area contributed by atoms with Crippen molar-refractivity contribution in [3.05, 3.63) is 63.9 Å². The topological polar surface area (TPSA) is 63.2 Å². The van der Waals surface area contributed by atoms with Gasteiger partial charge in [0.1, 0.15) is 11.1 Å². The Labute approximate surface area is 155 Å². The molecule has 0 fully saturated rings. The van der Waals surface area contributed by atoms with E-state index in [1.54, 1.807) is 25.1 Å². The van der Waals surface area contributed by atoms with Crippen molar-refractivity contribution < 1.29 is 17.6 Å². The number of sulfone groups is 1. The van der Waals surface area contributed by atoms with Crippen molar-refractivity contribution >= 4 is 38.9 Å². The first-order valence-electron chi connectivity index (χ1n) is 7.37. The fourth-order valence-corrected chi connectivity index (χ4v) is 4.08. The second kappa shape index (κ2) is 7.72. The first kappa shape index (κ1) is 19.7. The molecule has 0 spiro atoms. The average Bonchev–Trinajstić information content (AvgIpc) is 2.54. The summed E-state index contributed by atoms with van der Waals surface area (Å²) in [5.74, 6) is -1.23. The van der Waals surface area contributed by atoms with E-state index in [9.17, 15) is 17.6 Å². The molecule has 0 radical (unpaired) electrons. The molecule has 2 atom stereocenters. The van der Waals surface area contributed by atoms with E-state index >= 15 is 0 Å². The molecule has 0 aliphatic carbocycles. The maximum atomic E-state index is 13.0. The van der Waals surface area contributed by atoms with Crippen LogP contribution < -0.4 is 5.32 Å². The highest BCUT2D eigenvalue weighted by Crippen LogP contribution is 2.26. The number of carbonyl (C=O) groups is 1. The number of halogens is 3. The molecule has 2 rings (SSSR count). The van der Waals surface area contributed by atoms with Gasteiger partial charge < -0.3 is 5.32 Å². The summed E-state index contributed by atoms with van der Waals surface area (Å²) in [6, 6.07) is 8.66. The zero-order chi connectivity index (χ0) is 18.8. The summed E-state index contributed by atoms with van der Waals surface area (Å²) in [7, 11) is -3.93. The van der Waals surface area contributed by atoms with Gasteiger partial charge in [0, 0.05) is 10.0 Å². The maximum Gasteiger partial charge on any atom is 0.238 e. The van der Waals surface area contributed by atoms with E-state index in [2.05, 4.69) is 5.32 Å². The van der Waals surface area contributed by atoms with E-state index in [4.69, 9.17) is 23.2 Å². The molecule has 0 aromatic heterocycles. The van der Waals surface area contributed by atoms with Gasteiger partial charge in [0.05, 0.1) is 10.9 Å². The van der Waals surface area contributed by atoms with E-state index in [0.717, 1.165) is 24.3 Å². The highest BCUT2D eigenvalue weighted by Gasteiger charge is 2.30. The monoisotopic (exact) mass is 403 g/mol. The van der Waals surface area contributed by atoms with Crippen LogP contribution in [-0.4, -0.2) is 19.6 Å². The minimum atomic E-state index is -3.93. The highest BCUT2D eigenvalue weighted by atomic mass is 35.5. The van der Waals surface area contributed by atoms with Crippen LogP contribution in [0.3, 0.4) is 0 Å². The predicted octanol–water partition coefficient (Wildman–Crippen LogP) is 4.17. The van der Waals surface area contributed by atoms with Gasteiger partial charge in [0.15, 0.2) is 9.84 Å². The van der Waals surface area contributed by atoms with Crippen molar-refractivity contribution in [2.45, 2.75) is 30.0 Å². The number of nitrogens with one attached hydrogen (secondary N) is 1. The molecule has 0 heterocycles. The molecule has 2 aromatic rings. The van der Waals surface area contributed by atoms with Crippen LogP contribution in [0.1, 0.15) is 25.5 Å². The van der Waals surface area contributed by atoms with Crippen LogP contribution in [-0.2, 0) is 14.6 Å². The van der Waals surface area contributed by atoms with Crippen molar-refractivity contribution in [3.63, 3.8) is 0 Å². The summed E-state index contributed by atoms with van der Waals surface area (Å²) in [5.41, 5.74) is 0.616. The Morgan fingerprint density at radius 3 is 2.24 bits per heavy atom. The Bertz CT molecular complexity index is 885. The second-order valence-electron chi connectivity index (χ2n) is 5.54. The van der Waals surface area contributed by atoms with Gasteiger partial charge in [-0.2, -0.15) is 0 Å². The molecular weight excluding hydrogens is 388 g/mol. The molecular formula is C17H16Cl2FNO3S. The van der Waals surface area contributed by atoms with E-state index in [-0.39, 0.29) is 4.90 Å². The number of benzene rings is 2. The molecule has 0 saturated heterocycles.